The Morgan fingerprint density at radius 2 is 2.25 bits per heavy atom. The SMILES string of the molecule is Nc1c(-c2cccnc2)nc2n1CCCC2. The van der Waals surface area contributed by atoms with Gasteiger partial charge >= 0.3 is 0 Å². The summed E-state index contributed by atoms with van der Waals surface area (Å²) < 4.78 is 2.13. The van der Waals surface area contributed by atoms with Gasteiger partial charge in [0.15, 0.2) is 0 Å². The maximum Gasteiger partial charge on any atom is 0.131 e. The molecule has 0 aromatic carbocycles. The van der Waals surface area contributed by atoms with Crippen LogP contribution in [0.4, 0.5) is 5.82 Å². The van der Waals surface area contributed by atoms with Crippen molar-refractivity contribution in [2.45, 2.75) is 25.8 Å². The number of pyridine rings is 1. The fourth-order valence-corrected chi connectivity index (χ4v) is 2.22. The molecular weight excluding hydrogens is 200 g/mol. The minimum absolute atomic E-state index is 0.780. The lowest BCUT2D eigenvalue weighted by Crippen LogP contribution is -2.12. The predicted molar refractivity (Wildman–Crippen MR) is 62.8 cm³/mol. The zero-order chi connectivity index (χ0) is 11.0. The van der Waals surface area contributed by atoms with Gasteiger partial charge in [-0.05, 0) is 25.0 Å². The van der Waals surface area contributed by atoms with Gasteiger partial charge in [0.1, 0.15) is 17.3 Å². The zero-order valence-corrected chi connectivity index (χ0v) is 9.06. The van der Waals surface area contributed by atoms with Crippen LogP contribution in [0, 0.1) is 0 Å². The van der Waals surface area contributed by atoms with Crippen molar-refractivity contribution >= 4 is 5.82 Å². The van der Waals surface area contributed by atoms with Crippen LogP contribution in [0.25, 0.3) is 11.3 Å². The van der Waals surface area contributed by atoms with Crippen molar-refractivity contribution < 1.29 is 0 Å². The molecule has 4 heteroatoms. The Balaban J connectivity index is 2.12. The molecule has 0 spiro atoms. The number of nitrogens with two attached hydrogens (primary N) is 1. The van der Waals surface area contributed by atoms with Gasteiger partial charge in [0.05, 0.1) is 0 Å². The van der Waals surface area contributed by atoms with Crippen LogP contribution in [0.15, 0.2) is 24.5 Å². The van der Waals surface area contributed by atoms with Crippen molar-refractivity contribution in [3.63, 3.8) is 0 Å². The highest BCUT2D eigenvalue weighted by molar-refractivity contribution is 5.70. The van der Waals surface area contributed by atoms with Gasteiger partial charge in [-0.2, -0.15) is 0 Å². The van der Waals surface area contributed by atoms with E-state index in [4.69, 9.17) is 5.73 Å². The highest BCUT2D eigenvalue weighted by atomic mass is 15.1. The van der Waals surface area contributed by atoms with Crippen molar-refractivity contribution in [1.29, 1.82) is 0 Å². The average Bonchev–Trinajstić information content (AvgIpc) is 2.69. The van der Waals surface area contributed by atoms with Gasteiger partial charge in [0, 0.05) is 30.9 Å². The predicted octanol–water partition coefficient (Wildman–Crippen LogP) is 1.86. The summed E-state index contributed by atoms with van der Waals surface area (Å²) in [5, 5.41) is 0. The molecule has 0 amide bonds. The van der Waals surface area contributed by atoms with Crippen molar-refractivity contribution in [1.82, 2.24) is 14.5 Å². The number of anilines is 1. The number of aromatic nitrogens is 3. The van der Waals surface area contributed by atoms with E-state index < -0.39 is 0 Å². The summed E-state index contributed by atoms with van der Waals surface area (Å²) in [6, 6.07) is 3.91. The van der Waals surface area contributed by atoms with Crippen LogP contribution < -0.4 is 5.73 Å². The van der Waals surface area contributed by atoms with Gasteiger partial charge in [-0.25, -0.2) is 4.98 Å². The first-order valence-corrected chi connectivity index (χ1v) is 5.61. The van der Waals surface area contributed by atoms with E-state index in [0.29, 0.717) is 0 Å². The maximum atomic E-state index is 6.13. The summed E-state index contributed by atoms with van der Waals surface area (Å²) in [5.41, 5.74) is 8.01. The number of nitrogens with zero attached hydrogens (tertiary/aromatic N) is 3. The molecule has 0 aliphatic carbocycles. The number of hydrogen-bond acceptors (Lipinski definition) is 3. The smallest absolute Gasteiger partial charge is 0.131 e. The minimum atomic E-state index is 0.780. The van der Waals surface area contributed by atoms with Crippen LogP contribution in [0.3, 0.4) is 0 Å². The van der Waals surface area contributed by atoms with Crippen LogP contribution in [0.2, 0.25) is 0 Å². The van der Waals surface area contributed by atoms with E-state index in [2.05, 4.69) is 14.5 Å². The molecule has 1 aliphatic heterocycles. The van der Waals surface area contributed by atoms with E-state index in [0.717, 1.165) is 35.9 Å². The largest absolute Gasteiger partial charge is 0.383 e. The van der Waals surface area contributed by atoms with Gasteiger partial charge in [0.2, 0.25) is 0 Å². The second-order valence-corrected chi connectivity index (χ2v) is 4.11. The van der Waals surface area contributed by atoms with Crippen molar-refractivity contribution in [3.05, 3.63) is 30.4 Å². The summed E-state index contributed by atoms with van der Waals surface area (Å²) in [7, 11) is 0. The number of hydrogen-bond donors (Lipinski definition) is 1. The lowest BCUT2D eigenvalue weighted by atomic mass is 10.2. The van der Waals surface area contributed by atoms with Crippen LogP contribution in [0.5, 0.6) is 0 Å². The Hall–Kier alpha value is -1.84. The molecule has 3 rings (SSSR count). The van der Waals surface area contributed by atoms with E-state index in [1.807, 2.05) is 18.3 Å². The summed E-state index contributed by atoms with van der Waals surface area (Å²) in [4.78, 5) is 8.72. The Kier molecular flexibility index (Phi) is 2.13. The van der Waals surface area contributed by atoms with Crippen LogP contribution >= 0.6 is 0 Å². The van der Waals surface area contributed by atoms with Gasteiger partial charge in [-0.15, -0.1) is 0 Å². The molecule has 0 unspecified atom stereocenters. The normalized spacial score (nSPS) is 14.8. The highest BCUT2D eigenvalue weighted by Crippen LogP contribution is 2.28. The molecular formula is C12H14N4. The summed E-state index contributed by atoms with van der Waals surface area (Å²) in [6.45, 7) is 0.994. The molecule has 0 fully saturated rings. The van der Waals surface area contributed by atoms with Gasteiger partial charge in [0.25, 0.3) is 0 Å². The van der Waals surface area contributed by atoms with Crippen LogP contribution in [-0.2, 0) is 13.0 Å². The number of imidazole rings is 1. The van der Waals surface area contributed by atoms with E-state index in [9.17, 15) is 0 Å². The average molecular weight is 214 g/mol. The van der Waals surface area contributed by atoms with E-state index in [1.165, 1.54) is 12.8 Å². The first-order valence-electron chi connectivity index (χ1n) is 5.61. The fourth-order valence-electron chi connectivity index (χ4n) is 2.22. The van der Waals surface area contributed by atoms with Gasteiger partial charge in [-0.3, -0.25) is 4.98 Å². The number of nitrogen functional groups attached to an aromatic ring is 1. The Morgan fingerprint density at radius 1 is 1.31 bits per heavy atom. The standard InChI is InChI=1S/C12H14N4/c13-12-11(9-4-3-6-14-8-9)15-10-5-1-2-7-16(10)12/h3-4,6,8H,1-2,5,7,13H2. The zero-order valence-electron chi connectivity index (χ0n) is 9.06. The Labute approximate surface area is 94.1 Å². The third kappa shape index (κ3) is 1.38. The molecule has 16 heavy (non-hydrogen) atoms. The molecule has 0 atom stereocenters. The molecule has 2 N–H and O–H groups in total. The van der Waals surface area contributed by atoms with Crippen molar-refractivity contribution in [3.8, 4) is 11.3 Å². The van der Waals surface area contributed by atoms with E-state index in [1.54, 1.807) is 6.20 Å². The van der Waals surface area contributed by atoms with Gasteiger partial charge < -0.3 is 10.3 Å². The molecule has 3 heterocycles. The summed E-state index contributed by atoms with van der Waals surface area (Å²) in [5.74, 6) is 1.89. The third-order valence-electron chi connectivity index (χ3n) is 3.05. The molecule has 0 radical (unpaired) electrons. The highest BCUT2D eigenvalue weighted by Gasteiger charge is 2.18. The molecule has 4 nitrogen and oxygen atoms in total. The second kappa shape index (κ2) is 3.63. The van der Waals surface area contributed by atoms with Crippen LogP contribution in [0.1, 0.15) is 18.7 Å². The first kappa shape index (κ1) is 9.39. The molecule has 0 bridgehead atoms. The lowest BCUT2D eigenvalue weighted by Gasteiger charge is -2.14. The van der Waals surface area contributed by atoms with Crippen LogP contribution in [-0.4, -0.2) is 14.5 Å². The number of aryl methyl sites for hydroxylation is 1. The molecule has 2 aromatic heterocycles. The van der Waals surface area contributed by atoms with Crippen molar-refractivity contribution in [2.75, 3.05) is 5.73 Å². The molecule has 2 aromatic rings. The van der Waals surface area contributed by atoms with Gasteiger partial charge in [-0.1, -0.05) is 0 Å². The third-order valence-corrected chi connectivity index (χ3v) is 3.05. The van der Waals surface area contributed by atoms with E-state index >= 15 is 0 Å². The molecule has 1 aliphatic rings. The molecule has 0 saturated carbocycles. The summed E-state index contributed by atoms with van der Waals surface area (Å²) >= 11 is 0. The van der Waals surface area contributed by atoms with E-state index in [-0.39, 0.29) is 0 Å². The minimum Gasteiger partial charge on any atom is -0.383 e. The monoisotopic (exact) mass is 214 g/mol. The Bertz CT molecular complexity index is 501. The fraction of sp³-hybridized carbons (Fsp3) is 0.333. The summed E-state index contributed by atoms with van der Waals surface area (Å²) in [6.07, 6.45) is 7.01. The van der Waals surface area contributed by atoms with Crippen molar-refractivity contribution in [2.24, 2.45) is 0 Å². The number of fused-ring (bicyclic) bond motifs is 1. The molecule has 82 valence electrons. The lowest BCUT2D eigenvalue weighted by molar-refractivity contribution is 0.527. The Morgan fingerprint density at radius 3 is 3.00 bits per heavy atom. The topological polar surface area (TPSA) is 56.7 Å². The second-order valence-electron chi connectivity index (χ2n) is 4.11. The molecule has 0 saturated heterocycles. The maximum absolute atomic E-state index is 6.13. The quantitative estimate of drug-likeness (QED) is 0.788. The number of rotatable bonds is 1. The first-order chi connectivity index (χ1) is 7.86.